The number of allylic oxidation sites excluding steroid dienone is 1. The molecule has 1 atom stereocenters. The molecule has 3 heteroatoms. The number of aliphatic hydroxyl groups excluding tert-OH is 1. The smallest absolute Gasteiger partial charge is 0.246 e. The Balaban J connectivity index is 1.66. The highest BCUT2D eigenvalue weighted by atomic mass is 16.3. The van der Waals surface area contributed by atoms with Crippen molar-refractivity contribution in [3.8, 4) is 0 Å². The van der Waals surface area contributed by atoms with E-state index in [2.05, 4.69) is 5.32 Å². The van der Waals surface area contributed by atoms with Gasteiger partial charge in [-0.2, -0.15) is 0 Å². The maximum absolute atomic E-state index is 11.9. The maximum Gasteiger partial charge on any atom is 0.246 e. The Morgan fingerprint density at radius 1 is 1.19 bits per heavy atom. The molecule has 3 nitrogen and oxygen atoms in total. The Bertz CT molecular complexity index is 690. The van der Waals surface area contributed by atoms with E-state index in [4.69, 9.17) is 0 Å². The van der Waals surface area contributed by atoms with Crippen molar-refractivity contribution in [3.05, 3.63) is 59.7 Å². The lowest BCUT2D eigenvalue weighted by Crippen LogP contribution is -2.29. The van der Waals surface area contributed by atoms with Crippen LogP contribution in [0.1, 0.15) is 30.9 Å². The van der Waals surface area contributed by atoms with Gasteiger partial charge in [0, 0.05) is 12.1 Å². The Hall–Kier alpha value is -2.13. The summed E-state index contributed by atoms with van der Waals surface area (Å²) in [5.74, 6) is -0.0488. The molecule has 0 saturated carbocycles. The molecule has 1 unspecified atom stereocenters. The van der Waals surface area contributed by atoms with Gasteiger partial charge in [0.15, 0.2) is 0 Å². The van der Waals surface area contributed by atoms with E-state index in [0.717, 1.165) is 41.2 Å². The van der Waals surface area contributed by atoms with Gasteiger partial charge >= 0.3 is 0 Å². The number of rotatable bonds is 4. The molecule has 3 rings (SSSR count). The number of nitrogens with one attached hydrogen (secondary N) is 1. The number of fused-ring (bicyclic) bond motifs is 1. The normalized spacial score (nSPS) is 15.8. The van der Waals surface area contributed by atoms with E-state index in [0.29, 0.717) is 0 Å². The predicted octanol–water partition coefficient (Wildman–Crippen LogP) is 3.10. The molecule has 21 heavy (non-hydrogen) atoms. The van der Waals surface area contributed by atoms with Crippen LogP contribution in [-0.4, -0.2) is 17.6 Å². The molecule has 0 spiro atoms. The zero-order valence-corrected chi connectivity index (χ0v) is 11.9. The Morgan fingerprint density at radius 2 is 2.00 bits per heavy atom. The minimum Gasteiger partial charge on any atom is -0.387 e. The number of benzene rings is 2. The van der Waals surface area contributed by atoms with Gasteiger partial charge in [0.05, 0.1) is 6.10 Å². The van der Waals surface area contributed by atoms with Crippen LogP contribution in [0.4, 0.5) is 0 Å². The molecule has 0 aromatic heterocycles. The highest BCUT2D eigenvalue weighted by Gasteiger charge is 2.15. The van der Waals surface area contributed by atoms with Crippen molar-refractivity contribution in [2.24, 2.45) is 0 Å². The van der Waals surface area contributed by atoms with Crippen LogP contribution in [0, 0.1) is 0 Å². The second kappa shape index (κ2) is 6.10. The van der Waals surface area contributed by atoms with Gasteiger partial charge in [0.2, 0.25) is 5.91 Å². The first kappa shape index (κ1) is 13.8. The molecular formula is C18H19NO2. The largest absolute Gasteiger partial charge is 0.387 e. The third-order valence-electron chi connectivity index (χ3n) is 3.95. The summed E-state index contributed by atoms with van der Waals surface area (Å²) in [6, 6.07) is 13.9. The second-order valence-corrected chi connectivity index (χ2v) is 5.45. The van der Waals surface area contributed by atoms with Gasteiger partial charge in [0.1, 0.15) is 0 Å². The van der Waals surface area contributed by atoms with Crippen molar-refractivity contribution in [2.75, 3.05) is 6.54 Å². The minimum absolute atomic E-state index is 0.0488. The number of hydrogen-bond acceptors (Lipinski definition) is 2. The summed E-state index contributed by atoms with van der Waals surface area (Å²) in [5.41, 5.74) is 1.68. The number of carbonyl (C=O) groups is 1. The molecule has 0 aliphatic heterocycles. The fourth-order valence-corrected chi connectivity index (χ4v) is 2.71. The van der Waals surface area contributed by atoms with Crippen molar-refractivity contribution in [1.82, 2.24) is 5.32 Å². The highest BCUT2D eigenvalue weighted by molar-refractivity contribution is 5.93. The van der Waals surface area contributed by atoms with Crippen LogP contribution in [0.2, 0.25) is 0 Å². The van der Waals surface area contributed by atoms with E-state index in [9.17, 15) is 9.90 Å². The van der Waals surface area contributed by atoms with Gasteiger partial charge in [-0.1, -0.05) is 42.5 Å². The van der Waals surface area contributed by atoms with Crippen molar-refractivity contribution in [3.63, 3.8) is 0 Å². The summed E-state index contributed by atoms with van der Waals surface area (Å²) >= 11 is 0. The fourth-order valence-electron chi connectivity index (χ4n) is 2.71. The SMILES string of the molecule is O=C(NCC(O)c1ccc2ccccc2c1)C1=CCCC1. The zero-order valence-electron chi connectivity index (χ0n) is 11.9. The highest BCUT2D eigenvalue weighted by Crippen LogP contribution is 2.21. The standard InChI is InChI=1S/C18H19NO2/c20-17(12-19-18(21)14-6-2-3-7-14)16-10-9-13-5-1-4-8-15(13)11-16/h1,4-6,8-11,17,20H,2-3,7,12H2,(H,19,21). The third-order valence-corrected chi connectivity index (χ3v) is 3.95. The molecule has 0 fully saturated rings. The lowest BCUT2D eigenvalue weighted by molar-refractivity contribution is -0.118. The second-order valence-electron chi connectivity index (χ2n) is 5.45. The molecule has 2 N–H and O–H groups in total. The third kappa shape index (κ3) is 3.14. The average Bonchev–Trinajstić information content (AvgIpc) is 3.06. The van der Waals surface area contributed by atoms with E-state index in [1.807, 2.05) is 48.5 Å². The maximum atomic E-state index is 11.9. The molecular weight excluding hydrogens is 262 g/mol. The first-order valence-corrected chi connectivity index (χ1v) is 7.38. The molecule has 108 valence electrons. The van der Waals surface area contributed by atoms with Crippen LogP contribution in [0.15, 0.2) is 54.1 Å². The molecule has 0 heterocycles. The van der Waals surface area contributed by atoms with Gasteiger partial charge in [-0.05, 0) is 41.7 Å². The van der Waals surface area contributed by atoms with E-state index in [1.165, 1.54) is 0 Å². The van der Waals surface area contributed by atoms with Crippen LogP contribution in [-0.2, 0) is 4.79 Å². The predicted molar refractivity (Wildman–Crippen MR) is 83.9 cm³/mol. The topological polar surface area (TPSA) is 49.3 Å². The first-order chi connectivity index (χ1) is 10.2. The summed E-state index contributed by atoms with van der Waals surface area (Å²) in [6.07, 6.45) is 4.18. The van der Waals surface area contributed by atoms with Crippen LogP contribution >= 0.6 is 0 Å². The van der Waals surface area contributed by atoms with Gasteiger partial charge in [-0.25, -0.2) is 0 Å². The quantitative estimate of drug-likeness (QED) is 0.904. The summed E-state index contributed by atoms with van der Waals surface area (Å²) in [5, 5.41) is 15.3. The van der Waals surface area contributed by atoms with Crippen LogP contribution in [0.25, 0.3) is 10.8 Å². The van der Waals surface area contributed by atoms with E-state index >= 15 is 0 Å². The van der Waals surface area contributed by atoms with Gasteiger partial charge in [-0.3, -0.25) is 4.79 Å². The van der Waals surface area contributed by atoms with Gasteiger partial charge in [-0.15, -0.1) is 0 Å². The lowest BCUT2D eigenvalue weighted by Gasteiger charge is -2.13. The van der Waals surface area contributed by atoms with E-state index in [-0.39, 0.29) is 12.5 Å². The van der Waals surface area contributed by atoms with Crippen LogP contribution < -0.4 is 5.32 Å². The van der Waals surface area contributed by atoms with Crippen LogP contribution in [0.3, 0.4) is 0 Å². The minimum atomic E-state index is -0.680. The average molecular weight is 281 g/mol. The van der Waals surface area contributed by atoms with Crippen LogP contribution in [0.5, 0.6) is 0 Å². The molecule has 0 saturated heterocycles. The van der Waals surface area contributed by atoms with Gasteiger partial charge in [0.25, 0.3) is 0 Å². The number of carbonyl (C=O) groups excluding carboxylic acids is 1. The monoisotopic (exact) mass is 281 g/mol. The van der Waals surface area contributed by atoms with Crippen molar-refractivity contribution >= 4 is 16.7 Å². The molecule has 2 aromatic carbocycles. The lowest BCUT2D eigenvalue weighted by atomic mass is 10.0. The summed E-state index contributed by atoms with van der Waals surface area (Å²) in [6.45, 7) is 0.245. The fraction of sp³-hybridized carbons (Fsp3) is 0.278. The molecule has 1 aliphatic rings. The summed E-state index contributed by atoms with van der Waals surface area (Å²) in [4.78, 5) is 11.9. The molecule has 1 aliphatic carbocycles. The number of aliphatic hydroxyl groups is 1. The molecule has 0 bridgehead atoms. The summed E-state index contributed by atoms with van der Waals surface area (Å²) < 4.78 is 0. The van der Waals surface area contributed by atoms with Crippen molar-refractivity contribution in [1.29, 1.82) is 0 Å². The van der Waals surface area contributed by atoms with Crippen molar-refractivity contribution in [2.45, 2.75) is 25.4 Å². The first-order valence-electron chi connectivity index (χ1n) is 7.38. The Morgan fingerprint density at radius 3 is 2.76 bits per heavy atom. The number of amides is 1. The Labute approximate surface area is 124 Å². The zero-order chi connectivity index (χ0) is 14.7. The molecule has 1 amide bonds. The molecule has 2 aromatic rings. The molecule has 0 radical (unpaired) electrons. The van der Waals surface area contributed by atoms with E-state index in [1.54, 1.807) is 0 Å². The number of hydrogen-bond donors (Lipinski definition) is 2. The van der Waals surface area contributed by atoms with E-state index < -0.39 is 6.10 Å². The summed E-state index contributed by atoms with van der Waals surface area (Å²) in [7, 11) is 0. The Kier molecular flexibility index (Phi) is 4.02. The van der Waals surface area contributed by atoms with Crippen molar-refractivity contribution < 1.29 is 9.90 Å². The van der Waals surface area contributed by atoms with Gasteiger partial charge < -0.3 is 10.4 Å².